The number of rotatable bonds is 8. The van der Waals surface area contributed by atoms with Gasteiger partial charge in [-0.15, -0.1) is 0 Å². The van der Waals surface area contributed by atoms with E-state index in [-0.39, 0.29) is 11.9 Å². The van der Waals surface area contributed by atoms with Gasteiger partial charge in [-0.25, -0.2) is 4.98 Å². The molecule has 170 valence electrons. The number of aromatic nitrogens is 2. The summed E-state index contributed by atoms with van der Waals surface area (Å²) in [6.45, 7) is 2.13. The molecule has 1 unspecified atom stereocenters. The summed E-state index contributed by atoms with van der Waals surface area (Å²) in [4.78, 5) is 19.4. The van der Waals surface area contributed by atoms with Gasteiger partial charge >= 0.3 is 0 Å². The number of imidazole rings is 1. The molecule has 6 heteroatoms. The Balaban J connectivity index is 1.50. The molecule has 1 fully saturated rings. The first-order valence-corrected chi connectivity index (χ1v) is 11.8. The second kappa shape index (κ2) is 10.1. The number of fused-ring (bicyclic) bond motifs is 1. The van der Waals surface area contributed by atoms with Gasteiger partial charge in [0.15, 0.2) is 0 Å². The predicted octanol–water partition coefficient (Wildman–Crippen LogP) is 5.93. The Labute approximate surface area is 190 Å². The molecule has 0 aliphatic heterocycles. The van der Waals surface area contributed by atoms with Crippen LogP contribution in [0.5, 0.6) is 11.5 Å². The summed E-state index contributed by atoms with van der Waals surface area (Å²) >= 11 is 0. The van der Waals surface area contributed by atoms with Crippen molar-refractivity contribution in [3.05, 3.63) is 48.5 Å². The number of nitrogen functional groups attached to an aromatic ring is 1. The summed E-state index contributed by atoms with van der Waals surface area (Å²) in [7, 11) is 1.97. The van der Waals surface area contributed by atoms with Gasteiger partial charge < -0.3 is 19.9 Å². The third kappa shape index (κ3) is 4.90. The number of para-hydroxylation sites is 1. The number of hydrogen-bond donors (Lipinski definition) is 1. The van der Waals surface area contributed by atoms with Crippen molar-refractivity contribution in [2.45, 2.75) is 70.4 Å². The highest BCUT2D eigenvalue weighted by Gasteiger charge is 2.24. The summed E-state index contributed by atoms with van der Waals surface area (Å²) in [6, 6.07) is 16.1. The van der Waals surface area contributed by atoms with E-state index in [0.29, 0.717) is 18.4 Å². The van der Waals surface area contributed by atoms with Crippen LogP contribution in [0, 0.1) is 0 Å². The van der Waals surface area contributed by atoms with Crippen molar-refractivity contribution in [3.8, 4) is 11.5 Å². The molecule has 0 radical (unpaired) electrons. The Morgan fingerprint density at radius 1 is 1.16 bits per heavy atom. The number of carbonyl (C=O) groups excluding carboxylic acids is 1. The van der Waals surface area contributed by atoms with Crippen LogP contribution < -0.4 is 10.5 Å². The average molecular weight is 435 g/mol. The monoisotopic (exact) mass is 434 g/mol. The van der Waals surface area contributed by atoms with E-state index in [1.54, 1.807) is 0 Å². The molecule has 1 atom stereocenters. The van der Waals surface area contributed by atoms with Crippen LogP contribution in [0.4, 0.5) is 5.95 Å². The number of nitrogens with two attached hydrogens (primary N) is 1. The second-order valence-electron chi connectivity index (χ2n) is 8.80. The van der Waals surface area contributed by atoms with Gasteiger partial charge in [-0.3, -0.25) is 4.79 Å². The first kappa shape index (κ1) is 22.2. The van der Waals surface area contributed by atoms with Crippen molar-refractivity contribution in [1.82, 2.24) is 14.5 Å². The van der Waals surface area contributed by atoms with Crippen molar-refractivity contribution < 1.29 is 9.53 Å². The molecule has 1 aromatic heterocycles. The lowest BCUT2D eigenvalue weighted by Gasteiger charge is -2.31. The van der Waals surface area contributed by atoms with Gasteiger partial charge in [0.2, 0.25) is 11.9 Å². The molecule has 3 aromatic rings. The maximum absolute atomic E-state index is 12.9. The zero-order valence-electron chi connectivity index (χ0n) is 19.2. The summed E-state index contributed by atoms with van der Waals surface area (Å²) < 4.78 is 8.09. The van der Waals surface area contributed by atoms with Gasteiger partial charge in [0.25, 0.3) is 0 Å². The Bertz CT molecular complexity index is 1040. The molecule has 1 aliphatic rings. The normalized spacial score (nSPS) is 15.6. The molecule has 32 heavy (non-hydrogen) atoms. The fourth-order valence-corrected chi connectivity index (χ4v) is 4.82. The van der Waals surface area contributed by atoms with Crippen LogP contribution in [0.3, 0.4) is 0 Å². The number of amides is 1. The van der Waals surface area contributed by atoms with Gasteiger partial charge in [-0.2, -0.15) is 0 Å². The van der Waals surface area contributed by atoms with Crippen molar-refractivity contribution in [1.29, 1.82) is 0 Å². The molecule has 1 saturated carbocycles. The molecule has 6 nitrogen and oxygen atoms in total. The lowest BCUT2D eigenvalue weighted by Crippen LogP contribution is -2.38. The number of carbonyl (C=O) groups is 1. The average Bonchev–Trinajstić information content (AvgIpc) is 3.15. The summed E-state index contributed by atoms with van der Waals surface area (Å²) in [5, 5.41) is 0. The van der Waals surface area contributed by atoms with Crippen molar-refractivity contribution in [3.63, 3.8) is 0 Å². The van der Waals surface area contributed by atoms with Crippen LogP contribution in [-0.4, -0.2) is 33.4 Å². The highest BCUT2D eigenvalue weighted by Crippen LogP contribution is 2.32. The van der Waals surface area contributed by atoms with Crippen LogP contribution in [0.1, 0.15) is 64.3 Å². The maximum atomic E-state index is 12.9. The highest BCUT2D eigenvalue weighted by atomic mass is 16.5. The fraction of sp³-hybridized carbons (Fsp3) is 0.462. The smallest absolute Gasteiger partial charge is 0.222 e. The van der Waals surface area contributed by atoms with Crippen molar-refractivity contribution in [2.24, 2.45) is 0 Å². The van der Waals surface area contributed by atoms with E-state index in [1.807, 2.05) is 60.5 Å². The number of hydrogen-bond acceptors (Lipinski definition) is 4. The molecule has 1 aliphatic carbocycles. The first-order chi connectivity index (χ1) is 15.6. The lowest BCUT2D eigenvalue weighted by molar-refractivity contribution is -0.132. The van der Waals surface area contributed by atoms with E-state index in [1.165, 1.54) is 19.3 Å². The molecular weight excluding hydrogens is 400 g/mol. The number of benzene rings is 2. The number of nitrogens with zero attached hydrogens (tertiary/aromatic N) is 3. The Morgan fingerprint density at radius 3 is 2.62 bits per heavy atom. The summed E-state index contributed by atoms with van der Waals surface area (Å²) in [5.74, 6) is 2.24. The molecule has 2 aromatic carbocycles. The van der Waals surface area contributed by atoms with E-state index >= 15 is 0 Å². The Kier molecular flexibility index (Phi) is 6.98. The van der Waals surface area contributed by atoms with E-state index < -0.39 is 0 Å². The zero-order valence-corrected chi connectivity index (χ0v) is 19.2. The maximum Gasteiger partial charge on any atom is 0.222 e. The standard InChI is InChI=1S/C26H34N4O2/c1-3-19(14-17-25(31)29(2)20-10-6-4-7-11-20)30-24-18-22(15-16-23(24)28-26(30)27)32-21-12-8-5-9-13-21/h5,8-9,12-13,15-16,18-20H,3-4,6-7,10-11,14,17H2,1-2H3,(H2,27,28). The quantitative estimate of drug-likeness (QED) is 0.477. The van der Waals surface area contributed by atoms with Gasteiger partial charge in [-0.1, -0.05) is 44.4 Å². The minimum Gasteiger partial charge on any atom is -0.457 e. The molecule has 1 amide bonds. The molecular formula is C26H34N4O2. The van der Waals surface area contributed by atoms with E-state index in [0.717, 1.165) is 48.2 Å². The van der Waals surface area contributed by atoms with Crippen LogP contribution in [-0.2, 0) is 4.79 Å². The predicted molar refractivity (Wildman–Crippen MR) is 129 cm³/mol. The molecule has 0 spiro atoms. The van der Waals surface area contributed by atoms with Gasteiger partial charge in [0.1, 0.15) is 11.5 Å². The Hall–Kier alpha value is -3.02. The molecule has 2 N–H and O–H groups in total. The van der Waals surface area contributed by atoms with Gasteiger partial charge in [0.05, 0.1) is 11.0 Å². The minimum absolute atomic E-state index is 0.107. The van der Waals surface area contributed by atoms with E-state index in [9.17, 15) is 4.79 Å². The van der Waals surface area contributed by atoms with Crippen LogP contribution in [0.2, 0.25) is 0 Å². The van der Waals surface area contributed by atoms with Crippen LogP contribution in [0.15, 0.2) is 48.5 Å². The Morgan fingerprint density at radius 2 is 1.91 bits per heavy atom. The topological polar surface area (TPSA) is 73.4 Å². The van der Waals surface area contributed by atoms with Gasteiger partial charge in [0, 0.05) is 31.6 Å². The van der Waals surface area contributed by atoms with Crippen molar-refractivity contribution in [2.75, 3.05) is 12.8 Å². The van der Waals surface area contributed by atoms with Crippen LogP contribution >= 0.6 is 0 Å². The molecule has 0 saturated heterocycles. The highest BCUT2D eigenvalue weighted by molar-refractivity contribution is 5.80. The number of ether oxygens (including phenoxy) is 1. The summed E-state index contributed by atoms with van der Waals surface area (Å²) in [6.07, 6.45) is 8.14. The minimum atomic E-state index is 0.107. The first-order valence-electron chi connectivity index (χ1n) is 11.8. The zero-order chi connectivity index (χ0) is 22.5. The molecule has 1 heterocycles. The van der Waals surface area contributed by atoms with E-state index in [2.05, 4.69) is 16.5 Å². The third-order valence-corrected chi connectivity index (χ3v) is 6.71. The molecule has 4 rings (SSSR count). The number of anilines is 1. The van der Waals surface area contributed by atoms with Gasteiger partial charge in [-0.05, 0) is 49.9 Å². The largest absolute Gasteiger partial charge is 0.457 e. The SMILES string of the molecule is CCC(CCC(=O)N(C)C1CCCCC1)n1c(N)nc2ccc(Oc3ccccc3)cc21. The molecule has 0 bridgehead atoms. The fourth-order valence-electron chi connectivity index (χ4n) is 4.82. The lowest BCUT2D eigenvalue weighted by atomic mass is 9.94. The van der Waals surface area contributed by atoms with Crippen molar-refractivity contribution >= 4 is 22.9 Å². The third-order valence-electron chi connectivity index (χ3n) is 6.71. The summed E-state index contributed by atoms with van der Waals surface area (Å²) in [5.41, 5.74) is 8.11. The van der Waals surface area contributed by atoms with E-state index in [4.69, 9.17) is 10.5 Å². The second-order valence-corrected chi connectivity index (χ2v) is 8.80. The van der Waals surface area contributed by atoms with Crippen LogP contribution in [0.25, 0.3) is 11.0 Å².